The van der Waals surface area contributed by atoms with Gasteiger partial charge in [0.2, 0.25) is 0 Å². The molecule has 0 unspecified atom stereocenters. The fourth-order valence-corrected chi connectivity index (χ4v) is 1.29. The van der Waals surface area contributed by atoms with E-state index < -0.39 is 0 Å². The van der Waals surface area contributed by atoms with E-state index >= 15 is 0 Å². The van der Waals surface area contributed by atoms with Crippen molar-refractivity contribution in [3.05, 3.63) is 35.1 Å². The Morgan fingerprint density at radius 1 is 1.58 bits per heavy atom. The number of benzene rings is 1. The number of alkyl halides is 1. The summed E-state index contributed by atoms with van der Waals surface area (Å²) in [6.07, 6.45) is 1.48. The van der Waals surface area contributed by atoms with E-state index in [1.807, 2.05) is 0 Å². The molecule has 12 heavy (non-hydrogen) atoms. The molecule has 0 atom stereocenters. The second kappa shape index (κ2) is 4.21. The molecule has 1 aromatic rings. The van der Waals surface area contributed by atoms with Gasteiger partial charge in [-0.2, -0.15) is 5.10 Å². The second-order valence-electron chi connectivity index (χ2n) is 2.26. The van der Waals surface area contributed by atoms with Crippen LogP contribution in [0.15, 0.2) is 23.3 Å². The molecule has 2 N–H and O–H groups in total. The van der Waals surface area contributed by atoms with Crippen LogP contribution < -0.4 is 5.84 Å². The SMILES string of the molecule is NN=Cc1ccc(F)c(CBr)c1. The van der Waals surface area contributed by atoms with Crippen molar-refractivity contribution in [1.29, 1.82) is 0 Å². The first-order valence-corrected chi connectivity index (χ1v) is 4.47. The smallest absolute Gasteiger partial charge is 0.127 e. The van der Waals surface area contributed by atoms with Gasteiger partial charge in [-0.15, -0.1) is 0 Å². The van der Waals surface area contributed by atoms with Crippen LogP contribution in [-0.2, 0) is 5.33 Å². The maximum Gasteiger partial charge on any atom is 0.127 e. The Balaban J connectivity index is 3.05. The highest BCUT2D eigenvalue weighted by molar-refractivity contribution is 9.08. The molecule has 0 heterocycles. The number of hydrogen-bond acceptors (Lipinski definition) is 2. The van der Waals surface area contributed by atoms with Gasteiger partial charge in [-0.25, -0.2) is 4.39 Å². The molecule has 0 aromatic heterocycles. The van der Waals surface area contributed by atoms with Crippen LogP contribution in [0.2, 0.25) is 0 Å². The second-order valence-corrected chi connectivity index (χ2v) is 2.82. The third-order valence-electron chi connectivity index (χ3n) is 1.44. The molecule has 0 aliphatic rings. The molecular formula is C8H8BrFN2. The fourth-order valence-electron chi connectivity index (χ4n) is 0.863. The summed E-state index contributed by atoms with van der Waals surface area (Å²) in [7, 11) is 0. The molecule has 1 rings (SSSR count). The van der Waals surface area contributed by atoms with Gasteiger partial charge in [0, 0.05) is 5.33 Å². The highest BCUT2D eigenvalue weighted by Crippen LogP contribution is 2.12. The van der Waals surface area contributed by atoms with Crippen LogP contribution in [0.5, 0.6) is 0 Å². The van der Waals surface area contributed by atoms with E-state index in [4.69, 9.17) is 5.84 Å². The van der Waals surface area contributed by atoms with Crippen LogP contribution in [-0.4, -0.2) is 6.21 Å². The first kappa shape index (κ1) is 9.19. The van der Waals surface area contributed by atoms with Gasteiger partial charge in [-0.1, -0.05) is 22.0 Å². The lowest BCUT2D eigenvalue weighted by molar-refractivity contribution is 0.617. The van der Waals surface area contributed by atoms with Crippen molar-refractivity contribution in [2.75, 3.05) is 0 Å². The molecule has 0 aliphatic heterocycles. The van der Waals surface area contributed by atoms with E-state index in [9.17, 15) is 4.39 Å². The minimum Gasteiger partial charge on any atom is -0.323 e. The molecule has 0 saturated heterocycles. The highest BCUT2D eigenvalue weighted by Gasteiger charge is 1.99. The molecule has 0 spiro atoms. The van der Waals surface area contributed by atoms with Crippen LogP contribution in [0.3, 0.4) is 0 Å². The number of hydrazone groups is 1. The topological polar surface area (TPSA) is 38.4 Å². The van der Waals surface area contributed by atoms with E-state index in [1.54, 1.807) is 12.1 Å². The Labute approximate surface area is 78.4 Å². The van der Waals surface area contributed by atoms with Crippen LogP contribution in [0, 0.1) is 5.82 Å². The summed E-state index contributed by atoms with van der Waals surface area (Å²) in [5, 5.41) is 3.84. The summed E-state index contributed by atoms with van der Waals surface area (Å²) < 4.78 is 12.9. The Hall–Kier alpha value is -0.900. The summed E-state index contributed by atoms with van der Waals surface area (Å²) in [6.45, 7) is 0. The summed E-state index contributed by atoms with van der Waals surface area (Å²) in [5.74, 6) is 4.73. The molecule has 0 amide bonds. The molecule has 2 nitrogen and oxygen atoms in total. The molecule has 0 bridgehead atoms. The van der Waals surface area contributed by atoms with Crippen LogP contribution in [0.4, 0.5) is 4.39 Å². The number of rotatable bonds is 2. The summed E-state index contributed by atoms with van der Waals surface area (Å²) in [6, 6.07) is 4.71. The summed E-state index contributed by atoms with van der Waals surface area (Å²) >= 11 is 3.18. The standard InChI is InChI=1S/C8H8BrFN2/c9-4-7-3-6(5-12-11)1-2-8(7)10/h1-3,5H,4,11H2. The van der Waals surface area contributed by atoms with Crippen molar-refractivity contribution in [2.24, 2.45) is 10.9 Å². The quantitative estimate of drug-likeness (QED) is 0.359. The largest absolute Gasteiger partial charge is 0.323 e. The Kier molecular flexibility index (Phi) is 3.22. The van der Waals surface area contributed by atoms with E-state index in [0.717, 1.165) is 5.56 Å². The lowest BCUT2D eigenvalue weighted by atomic mass is 10.1. The number of nitrogens with two attached hydrogens (primary N) is 1. The zero-order valence-electron chi connectivity index (χ0n) is 6.30. The first-order chi connectivity index (χ1) is 5.77. The lowest BCUT2D eigenvalue weighted by Gasteiger charge is -1.98. The molecule has 0 saturated carbocycles. The normalized spacial score (nSPS) is 10.8. The van der Waals surface area contributed by atoms with Gasteiger partial charge in [-0.05, 0) is 23.3 Å². The monoisotopic (exact) mass is 230 g/mol. The van der Waals surface area contributed by atoms with Crippen molar-refractivity contribution >= 4 is 22.1 Å². The maximum atomic E-state index is 12.9. The average molecular weight is 231 g/mol. The Morgan fingerprint density at radius 3 is 2.92 bits per heavy atom. The van der Waals surface area contributed by atoms with Crippen molar-refractivity contribution in [1.82, 2.24) is 0 Å². The maximum absolute atomic E-state index is 12.9. The van der Waals surface area contributed by atoms with Crippen molar-refractivity contribution in [3.8, 4) is 0 Å². The molecule has 0 aliphatic carbocycles. The fraction of sp³-hybridized carbons (Fsp3) is 0.125. The van der Waals surface area contributed by atoms with E-state index in [-0.39, 0.29) is 5.82 Å². The van der Waals surface area contributed by atoms with Crippen molar-refractivity contribution in [3.63, 3.8) is 0 Å². The van der Waals surface area contributed by atoms with E-state index in [2.05, 4.69) is 21.0 Å². The third kappa shape index (κ3) is 2.04. The third-order valence-corrected chi connectivity index (χ3v) is 2.04. The molecule has 0 radical (unpaired) electrons. The predicted molar refractivity (Wildman–Crippen MR) is 50.8 cm³/mol. The summed E-state index contributed by atoms with van der Waals surface area (Å²) in [4.78, 5) is 0. The number of nitrogens with zero attached hydrogens (tertiary/aromatic N) is 1. The minimum absolute atomic E-state index is 0.221. The van der Waals surface area contributed by atoms with Gasteiger partial charge >= 0.3 is 0 Å². The van der Waals surface area contributed by atoms with Gasteiger partial charge in [0.05, 0.1) is 6.21 Å². The average Bonchev–Trinajstić information content (AvgIpc) is 2.09. The first-order valence-electron chi connectivity index (χ1n) is 3.35. The molecular weight excluding hydrogens is 223 g/mol. The van der Waals surface area contributed by atoms with Crippen molar-refractivity contribution < 1.29 is 4.39 Å². The van der Waals surface area contributed by atoms with E-state index in [0.29, 0.717) is 10.9 Å². The van der Waals surface area contributed by atoms with Crippen LogP contribution in [0.25, 0.3) is 0 Å². The predicted octanol–water partition coefficient (Wildman–Crippen LogP) is 2.01. The van der Waals surface area contributed by atoms with Gasteiger partial charge in [0.25, 0.3) is 0 Å². The Morgan fingerprint density at radius 2 is 2.33 bits per heavy atom. The van der Waals surface area contributed by atoms with Gasteiger partial charge in [0.1, 0.15) is 5.82 Å². The lowest BCUT2D eigenvalue weighted by Crippen LogP contribution is -1.91. The van der Waals surface area contributed by atoms with Crippen LogP contribution in [0.1, 0.15) is 11.1 Å². The zero-order valence-corrected chi connectivity index (χ0v) is 7.88. The van der Waals surface area contributed by atoms with Gasteiger partial charge < -0.3 is 5.84 Å². The van der Waals surface area contributed by atoms with Crippen LogP contribution >= 0.6 is 15.9 Å². The molecule has 0 fully saturated rings. The van der Waals surface area contributed by atoms with Gasteiger partial charge in [-0.3, -0.25) is 0 Å². The molecule has 64 valence electrons. The van der Waals surface area contributed by atoms with Gasteiger partial charge in [0.15, 0.2) is 0 Å². The number of halogens is 2. The van der Waals surface area contributed by atoms with E-state index in [1.165, 1.54) is 12.3 Å². The Bertz CT molecular complexity index is 299. The number of hydrogen-bond donors (Lipinski definition) is 1. The highest BCUT2D eigenvalue weighted by atomic mass is 79.9. The molecule has 4 heteroatoms. The molecule has 1 aromatic carbocycles. The summed E-state index contributed by atoms with van der Waals surface area (Å²) in [5.41, 5.74) is 1.40. The zero-order chi connectivity index (χ0) is 8.97. The van der Waals surface area contributed by atoms with Crippen molar-refractivity contribution in [2.45, 2.75) is 5.33 Å². The minimum atomic E-state index is -0.221.